The fourth-order valence-electron chi connectivity index (χ4n) is 3.09. The van der Waals surface area contributed by atoms with E-state index in [4.69, 9.17) is 0 Å². The summed E-state index contributed by atoms with van der Waals surface area (Å²) < 4.78 is 39.1. The average molecular weight is 376 g/mol. The molecule has 0 spiro atoms. The van der Waals surface area contributed by atoms with Crippen molar-refractivity contribution in [3.05, 3.63) is 65.2 Å². The third-order valence-electron chi connectivity index (χ3n) is 4.50. The fraction of sp³-hybridized carbons (Fsp3) is 0.300. The van der Waals surface area contributed by atoms with Crippen LogP contribution in [0.5, 0.6) is 0 Å². The van der Waals surface area contributed by atoms with Crippen molar-refractivity contribution in [2.24, 2.45) is 0 Å². The van der Waals surface area contributed by atoms with E-state index in [9.17, 15) is 22.8 Å². The number of rotatable bonds is 4. The van der Waals surface area contributed by atoms with Crippen molar-refractivity contribution < 1.29 is 22.8 Å². The van der Waals surface area contributed by atoms with Gasteiger partial charge >= 0.3 is 6.18 Å². The van der Waals surface area contributed by atoms with Crippen molar-refractivity contribution in [1.82, 2.24) is 4.90 Å². The number of halogens is 3. The molecule has 4 nitrogen and oxygen atoms in total. The lowest BCUT2D eigenvalue weighted by Crippen LogP contribution is -2.29. The molecule has 1 aliphatic heterocycles. The normalized spacial score (nSPS) is 14.3. The van der Waals surface area contributed by atoms with E-state index in [1.165, 1.54) is 12.1 Å². The number of likely N-dealkylation sites (tertiary alicyclic amines) is 1. The lowest BCUT2D eigenvalue weighted by Gasteiger charge is -2.15. The van der Waals surface area contributed by atoms with E-state index in [0.717, 1.165) is 43.6 Å². The molecule has 1 N–H and O–H groups in total. The van der Waals surface area contributed by atoms with E-state index in [-0.39, 0.29) is 12.3 Å². The smallest absolute Gasteiger partial charge is 0.342 e. The summed E-state index contributed by atoms with van der Waals surface area (Å²) in [6.07, 6.45) is -2.29. The molecule has 3 rings (SSSR count). The second kappa shape index (κ2) is 7.82. The van der Waals surface area contributed by atoms with E-state index in [0.29, 0.717) is 5.69 Å². The Morgan fingerprint density at radius 1 is 0.963 bits per heavy atom. The fourth-order valence-corrected chi connectivity index (χ4v) is 3.09. The van der Waals surface area contributed by atoms with Crippen molar-refractivity contribution in [2.75, 3.05) is 18.4 Å². The number of anilines is 1. The molecule has 0 bridgehead atoms. The zero-order valence-electron chi connectivity index (χ0n) is 14.6. The Labute approximate surface area is 155 Å². The monoisotopic (exact) mass is 376 g/mol. The first-order valence-electron chi connectivity index (χ1n) is 8.69. The second-order valence-electron chi connectivity index (χ2n) is 6.46. The zero-order valence-corrected chi connectivity index (χ0v) is 14.6. The van der Waals surface area contributed by atoms with E-state index in [1.54, 1.807) is 24.3 Å². The lowest BCUT2D eigenvalue weighted by atomic mass is 10.1. The van der Waals surface area contributed by atoms with Crippen LogP contribution in [0.1, 0.15) is 34.3 Å². The van der Waals surface area contributed by atoms with Crippen molar-refractivity contribution in [1.29, 1.82) is 0 Å². The maximum Gasteiger partial charge on any atom is 0.417 e. The number of hydrogen-bond acceptors (Lipinski definition) is 2. The number of amides is 2. The number of carbonyl (C=O) groups is 2. The van der Waals surface area contributed by atoms with Crippen molar-refractivity contribution in [3.63, 3.8) is 0 Å². The molecule has 7 heteroatoms. The van der Waals surface area contributed by atoms with E-state index in [2.05, 4.69) is 5.32 Å². The summed E-state index contributed by atoms with van der Waals surface area (Å²) in [7, 11) is 0. The van der Waals surface area contributed by atoms with Gasteiger partial charge in [0.25, 0.3) is 5.91 Å². The van der Waals surface area contributed by atoms with E-state index in [1.807, 2.05) is 4.90 Å². The molecule has 1 saturated heterocycles. The van der Waals surface area contributed by atoms with Crippen LogP contribution in [-0.2, 0) is 17.4 Å². The largest absolute Gasteiger partial charge is 0.417 e. The Kier molecular flexibility index (Phi) is 5.48. The first-order chi connectivity index (χ1) is 12.8. The third kappa shape index (κ3) is 4.67. The van der Waals surface area contributed by atoms with Crippen LogP contribution in [0.4, 0.5) is 18.9 Å². The maximum atomic E-state index is 13.0. The summed E-state index contributed by atoms with van der Waals surface area (Å²) in [5, 5.41) is 2.47. The number of carbonyl (C=O) groups excluding carboxylic acids is 2. The molecule has 0 aromatic heterocycles. The highest BCUT2D eigenvalue weighted by atomic mass is 19.4. The number of alkyl halides is 3. The van der Waals surface area contributed by atoms with Gasteiger partial charge in [-0.3, -0.25) is 9.59 Å². The molecule has 0 unspecified atom stereocenters. The Morgan fingerprint density at radius 2 is 1.59 bits per heavy atom. The van der Waals surface area contributed by atoms with Crippen LogP contribution in [-0.4, -0.2) is 29.8 Å². The van der Waals surface area contributed by atoms with Gasteiger partial charge in [-0.25, -0.2) is 0 Å². The average Bonchev–Trinajstić information content (AvgIpc) is 3.17. The standard InChI is InChI=1S/C20H19F3N2O2/c21-20(22,23)17-6-2-1-5-16(17)19(27)24-15-9-7-14(8-10-15)13-18(26)25-11-3-4-12-25/h1-2,5-10H,3-4,11-13H2,(H,24,27). The van der Waals surface area contributed by atoms with Crippen molar-refractivity contribution >= 4 is 17.5 Å². The molecule has 0 atom stereocenters. The van der Waals surface area contributed by atoms with Gasteiger partial charge in [0.15, 0.2) is 0 Å². The summed E-state index contributed by atoms with van der Waals surface area (Å²) in [6, 6.07) is 11.2. The first kappa shape index (κ1) is 18.9. The third-order valence-corrected chi connectivity index (χ3v) is 4.50. The van der Waals surface area contributed by atoms with Gasteiger partial charge < -0.3 is 10.2 Å². The van der Waals surface area contributed by atoms with Crippen LogP contribution in [0.15, 0.2) is 48.5 Å². The van der Waals surface area contributed by atoms with E-state index >= 15 is 0 Å². The first-order valence-corrected chi connectivity index (χ1v) is 8.69. The Balaban J connectivity index is 1.66. The molecular weight excluding hydrogens is 357 g/mol. The van der Waals surface area contributed by atoms with Gasteiger partial charge in [-0.05, 0) is 42.7 Å². The highest BCUT2D eigenvalue weighted by Gasteiger charge is 2.34. The molecule has 2 amide bonds. The molecule has 0 aliphatic carbocycles. The summed E-state index contributed by atoms with van der Waals surface area (Å²) in [4.78, 5) is 26.2. The Hall–Kier alpha value is -2.83. The van der Waals surface area contributed by atoms with Gasteiger partial charge in [0.05, 0.1) is 17.5 Å². The molecule has 0 saturated carbocycles. The summed E-state index contributed by atoms with van der Waals surface area (Å²) >= 11 is 0. The Morgan fingerprint density at radius 3 is 2.22 bits per heavy atom. The molecule has 1 aliphatic rings. The Bertz CT molecular complexity index is 826. The topological polar surface area (TPSA) is 49.4 Å². The predicted octanol–water partition coefficient (Wildman–Crippen LogP) is 4.12. The quantitative estimate of drug-likeness (QED) is 0.873. The molecule has 2 aromatic carbocycles. The van der Waals surface area contributed by atoms with Crippen LogP contribution in [0.25, 0.3) is 0 Å². The summed E-state index contributed by atoms with van der Waals surface area (Å²) in [6.45, 7) is 1.57. The minimum atomic E-state index is -4.60. The maximum absolute atomic E-state index is 13.0. The second-order valence-corrected chi connectivity index (χ2v) is 6.46. The molecule has 142 valence electrons. The van der Waals surface area contributed by atoms with Gasteiger partial charge in [0.1, 0.15) is 0 Å². The molecule has 0 radical (unpaired) electrons. The number of nitrogens with zero attached hydrogens (tertiary/aromatic N) is 1. The number of benzene rings is 2. The molecule has 27 heavy (non-hydrogen) atoms. The minimum Gasteiger partial charge on any atom is -0.342 e. The highest BCUT2D eigenvalue weighted by Crippen LogP contribution is 2.32. The lowest BCUT2D eigenvalue weighted by molar-refractivity contribution is -0.138. The van der Waals surface area contributed by atoms with Gasteiger partial charge in [-0.2, -0.15) is 13.2 Å². The van der Waals surface area contributed by atoms with E-state index < -0.39 is 23.2 Å². The van der Waals surface area contributed by atoms with Gasteiger partial charge in [0, 0.05) is 18.8 Å². The predicted molar refractivity (Wildman–Crippen MR) is 95.4 cm³/mol. The molecule has 2 aromatic rings. The van der Waals surface area contributed by atoms with Crippen LogP contribution in [0.3, 0.4) is 0 Å². The van der Waals surface area contributed by atoms with Crippen LogP contribution in [0.2, 0.25) is 0 Å². The SMILES string of the molecule is O=C(Nc1ccc(CC(=O)N2CCCC2)cc1)c1ccccc1C(F)(F)F. The van der Waals surface area contributed by atoms with Crippen molar-refractivity contribution in [2.45, 2.75) is 25.4 Å². The molecular formula is C20H19F3N2O2. The zero-order chi connectivity index (χ0) is 19.4. The molecule has 1 heterocycles. The minimum absolute atomic E-state index is 0.0587. The van der Waals surface area contributed by atoms with Gasteiger partial charge in [0.2, 0.25) is 5.91 Å². The van der Waals surface area contributed by atoms with Gasteiger partial charge in [-0.15, -0.1) is 0 Å². The van der Waals surface area contributed by atoms with Crippen LogP contribution < -0.4 is 5.32 Å². The molecule has 1 fully saturated rings. The van der Waals surface area contributed by atoms with Crippen LogP contribution >= 0.6 is 0 Å². The summed E-state index contributed by atoms with van der Waals surface area (Å²) in [5.74, 6) is -0.771. The number of nitrogens with one attached hydrogen (secondary N) is 1. The van der Waals surface area contributed by atoms with Gasteiger partial charge in [-0.1, -0.05) is 24.3 Å². The van der Waals surface area contributed by atoms with Crippen molar-refractivity contribution in [3.8, 4) is 0 Å². The summed E-state index contributed by atoms with van der Waals surface area (Å²) in [5.41, 5.74) is -0.247. The van der Waals surface area contributed by atoms with Crippen LogP contribution in [0, 0.1) is 0 Å². The highest BCUT2D eigenvalue weighted by molar-refractivity contribution is 6.05. The number of hydrogen-bond donors (Lipinski definition) is 1.